The molecule has 0 aliphatic heterocycles. The van der Waals surface area contributed by atoms with Gasteiger partial charge in [-0.05, 0) is 99.2 Å². The van der Waals surface area contributed by atoms with Gasteiger partial charge < -0.3 is 18.8 Å². The summed E-state index contributed by atoms with van der Waals surface area (Å²) in [6, 6.07) is 23.0. The summed E-state index contributed by atoms with van der Waals surface area (Å²) in [5.41, 5.74) is 3.43. The minimum Gasteiger partial charge on any atom is -0.488 e. The molecular weight excluding hydrogens is 590 g/mol. The Bertz CT molecular complexity index is 1170. The van der Waals surface area contributed by atoms with Crippen molar-refractivity contribution in [2.75, 3.05) is 33.9 Å². The Hall–Kier alpha value is -2.07. The van der Waals surface area contributed by atoms with Gasteiger partial charge >= 0.3 is 6.18 Å². The van der Waals surface area contributed by atoms with E-state index in [0.717, 1.165) is 38.6 Å². The number of methoxy groups -OCH3 is 1. The van der Waals surface area contributed by atoms with Crippen LogP contribution in [0.3, 0.4) is 0 Å². The summed E-state index contributed by atoms with van der Waals surface area (Å²) in [5, 5.41) is 1.40. The van der Waals surface area contributed by atoms with Gasteiger partial charge in [0.05, 0.1) is 0 Å². The summed E-state index contributed by atoms with van der Waals surface area (Å²) in [4.78, 5) is 2.30. The average Bonchev–Trinajstić information content (AvgIpc) is 2.90. The van der Waals surface area contributed by atoms with Crippen LogP contribution in [0.1, 0.15) is 29.0 Å². The van der Waals surface area contributed by atoms with Crippen LogP contribution in [0.4, 0.5) is 13.2 Å². The standard InChI is InChI=1S/C31H38Cl2F3NO3Si/c1-37(21-29(24-10-14-26(32)15-11-24)25-12-16-27(33)17-13-25)20-6-7-23-8-18-28(19-9-23)39-22-30(38-2,31(34,35)36)40-41(3,4)5/h8-19,29H,6-7,20-22H2,1-5H3. The van der Waals surface area contributed by atoms with Gasteiger partial charge in [0.2, 0.25) is 0 Å². The number of hydrogen-bond donors (Lipinski definition) is 0. The molecule has 0 saturated carbocycles. The largest absolute Gasteiger partial charge is 0.488 e. The summed E-state index contributed by atoms with van der Waals surface area (Å²) < 4.78 is 57.3. The number of nitrogens with zero attached hydrogens (tertiary/aromatic N) is 1. The first kappa shape index (κ1) is 33.4. The second kappa shape index (κ2) is 14.4. The zero-order valence-electron chi connectivity index (χ0n) is 24.1. The number of likely N-dealkylation sites (N-methyl/N-ethyl adjacent to an activating group) is 1. The monoisotopic (exact) mass is 627 g/mol. The highest BCUT2D eigenvalue weighted by atomic mass is 35.5. The van der Waals surface area contributed by atoms with Crippen LogP contribution < -0.4 is 4.74 Å². The van der Waals surface area contributed by atoms with Crippen LogP contribution in [0, 0.1) is 0 Å². The molecule has 0 radical (unpaired) electrons. The fourth-order valence-corrected chi connectivity index (χ4v) is 6.06. The summed E-state index contributed by atoms with van der Waals surface area (Å²) >= 11 is 12.2. The summed E-state index contributed by atoms with van der Waals surface area (Å²) in [6.07, 6.45) is -3.01. The zero-order valence-corrected chi connectivity index (χ0v) is 26.6. The highest BCUT2D eigenvalue weighted by molar-refractivity contribution is 6.69. The number of alkyl halides is 3. The van der Waals surface area contributed by atoms with Crippen molar-refractivity contribution in [2.45, 2.75) is 50.4 Å². The lowest BCUT2D eigenvalue weighted by Crippen LogP contribution is -2.58. The van der Waals surface area contributed by atoms with Gasteiger partial charge in [-0.1, -0.05) is 59.6 Å². The molecule has 1 atom stereocenters. The van der Waals surface area contributed by atoms with E-state index in [-0.39, 0.29) is 5.92 Å². The molecule has 0 fully saturated rings. The van der Waals surface area contributed by atoms with Gasteiger partial charge in [0.15, 0.2) is 14.9 Å². The van der Waals surface area contributed by atoms with Crippen molar-refractivity contribution in [3.63, 3.8) is 0 Å². The van der Waals surface area contributed by atoms with E-state index in [1.165, 1.54) is 11.1 Å². The first-order chi connectivity index (χ1) is 19.2. The fourth-order valence-electron chi connectivity index (χ4n) is 4.56. The molecule has 0 saturated heterocycles. The number of rotatable bonds is 14. The van der Waals surface area contributed by atoms with Crippen molar-refractivity contribution in [3.8, 4) is 5.75 Å². The summed E-state index contributed by atoms with van der Waals surface area (Å²) in [5.74, 6) is -2.33. The zero-order chi connectivity index (χ0) is 30.3. The average molecular weight is 629 g/mol. The van der Waals surface area contributed by atoms with Gasteiger partial charge in [0, 0.05) is 29.6 Å². The molecule has 3 aromatic carbocycles. The van der Waals surface area contributed by atoms with Crippen LogP contribution in [-0.4, -0.2) is 59.0 Å². The Morgan fingerprint density at radius 3 is 1.78 bits per heavy atom. The first-order valence-corrected chi connectivity index (χ1v) is 17.6. The van der Waals surface area contributed by atoms with Crippen LogP contribution in [0.5, 0.6) is 5.75 Å². The lowest BCUT2D eigenvalue weighted by atomic mass is 9.91. The van der Waals surface area contributed by atoms with Crippen molar-refractivity contribution in [2.24, 2.45) is 0 Å². The molecule has 0 aromatic heterocycles. The maximum atomic E-state index is 13.9. The van der Waals surface area contributed by atoms with Crippen LogP contribution >= 0.6 is 23.2 Å². The molecule has 4 nitrogen and oxygen atoms in total. The van der Waals surface area contributed by atoms with E-state index in [0.29, 0.717) is 15.8 Å². The third-order valence-electron chi connectivity index (χ3n) is 6.63. The van der Waals surface area contributed by atoms with Crippen LogP contribution in [0.2, 0.25) is 29.7 Å². The summed E-state index contributed by atoms with van der Waals surface area (Å²) in [7, 11) is 0.500. The van der Waals surface area contributed by atoms with E-state index in [4.69, 9.17) is 37.1 Å². The molecule has 10 heteroatoms. The fraction of sp³-hybridized carbons (Fsp3) is 0.419. The molecule has 41 heavy (non-hydrogen) atoms. The highest BCUT2D eigenvalue weighted by Gasteiger charge is 2.59. The van der Waals surface area contributed by atoms with Crippen molar-refractivity contribution in [1.82, 2.24) is 4.90 Å². The molecule has 224 valence electrons. The molecular formula is C31H38Cl2F3NO3Si. The normalized spacial score (nSPS) is 14.0. The van der Waals surface area contributed by atoms with E-state index >= 15 is 0 Å². The Balaban J connectivity index is 1.56. The van der Waals surface area contributed by atoms with Crippen molar-refractivity contribution in [1.29, 1.82) is 0 Å². The SMILES string of the molecule is COC(COc1ccc(CCCN(C)CC(c2ccc(Cl)cc2)c2ccc(Cl)cc2)cc1)(O[Si](C)(C)C)C(F)(F)F. The van der Waals surface area contributed by atoms with Gasteiger partial charge in [-0.3, -0.25) is 0 Å². The van der Waals surface area contributed by atoms with Crippen LogP contribution in [0.15, 0.2) is 72.8 Å². The van der Waals surface area contributed by atoms with Crippen LogP contribution in [-0.2, 0) is 15.6 Å². The maximum Gasteiger partial charge on any atom is 0.446 e. The van der Waals surface area contributed by atoms with Crippen molar-refractivity contribution >= 4 is 31.5 Å². The first-order valence-electron chi connectivity index (χ1n) is 13.4. The van der Waals surface area contributed by atoms with E-state index < -0.39 is 26.9 Å². The Morgan fingerprint density at radius 1 is 0.829 bits per heavy atom. The topological polar surface area (TPSA) is 30.9 Å². The third kappa shape index (κ3) is 10.0. The predicted octanol–water partition coefficient (Wildman–Crippen LogP) is 8.83. The van der Waals surface area contributed by atoms with Gasteiger partial charge in [-0.2, -0.15) is 13.2 Å². The Morgan fingerprint density at radius 2 is 1.34 bits per heavy atom. The number of halogens is 5. The Kier molecular flexibility index (Phi) is 11.7. The molecule has 0 aliphatic carbocycles. The van der Waals surface area contributed by atoms with Gasteiger partial charge in [-0.15, -0.1) is 0 Å². The van der Waals surface area contributed by atoms with E-state index in [1.807, 2.05) is 36.4 Å². The minimum atomic E-state index is -4.74. The van der Waals surface area contributed by atoms with E-state index in [1.54, 1.807) is 31.8 Å². The number of benzene rings is 3. The lowest BCUT2D eigenvalue weighted by molar-refractivity contribution is -0.355. The molecule has 3 aromatic rings. The molecule has 0 amide bonds. The van der Waals surface area contributed by atoms with Crippen molar-refractivity contribution < 1.29 is 27.1 Å². The maximum absolute atomic E-state index is 13.9. The number of hydrogen-bond acceptors (Lipinski definition) is 4. The molecule has 0 heterocycles. The molecule has 3 rings (SSSR count). The van der Waals surface area contributed by atoms with Crippen LogP contribution in [0.25, 0.3) is 0 Å². The molecule has 0 spiro atoms. The van der Waals surface area contributed by atoms with Gasteiger partial charge in [0.1, 0.15) is 5.75 Å². The third-order valence-corrected chi connectivity index (χ3v) is 8.08. The molecule has 0 N–H and O–H groups in total. The van der Waals surface area contributed by atoms with E-state index in [2.05, 4.69) is 36.2 Å². The molecule has 1 unspecified atom stereocenters. The number of ether oxygens (including phenoxy) is 2. The quantitative estimate of drug-likeness (QED) is 0.132. The van der Waals surface area contributed by atoms with Gasteiger partial charge in [-0.25, -0.2) is 0 Å². The highest BCUT2D eigenvalue weighted by Crippen LogP contribution is 2.37. The Labute approximate surface area is 252 Å². The second-order valence-corrected chi connectivity index (χ2v) is 16.4. The molecule has 0 aliphatic rings. The summed E-state index contributed by atoms with van der Waals surface area (Å²) in [6.45, 7) is 5.92. The smallest absolute Gasteiger partial charge is 0.446 e. The second-order valence-electron chi connectivity index (χ2n) is 11.1. The lowest BCUT2D eigenvalue weighted by Gasteiger charge is -2.38. The van der Waals surface area contributed by atoms with Crippen molar-refractivity contribution in [3.05, 3.63) is 99.5 Å². The minimum absolute atomic E-state index is 0.159. The number of aryl methyl sites for hydroxylation is 1. The van der Waals surface area contributed by atoms with Gasteiger partial charge in [0.25, 0.3) is 5.79 Å². The van der Waals surface area contributed by atoms with E-state index in [9.17, 15) is 13.2 Å². The molecule has 0 bridgehead atoms. The predicted molar refractivity (Wildman–Crippen MR) is 163 cm³/mol.